The van der Waals surface area contributed by atoms with Gasteiger partial charge in [-0.1, -0.05) is 23.8 Å². The van der Waals surface area contributed by atoms with Crippen molar-refractivity contribution in [3.05, 3.63) is 29.3 Å². The van der Waals surface area contributed by atoms with E-state index >= 15 is 0 Å². The van der Waals surface area contributed by atoms with E-state index in [4.69, 9.17) is 15.2 Å². The summed E-state index contributed by atoms with van der Waals surface area (Å²) in [5, 5.41) is 26.5. The maximum Gasteiger partial charge on any atom is 0.488 e. The van der Waals surface area contributed by atoms with Gasteiger partial charge in [0.05, 0.1) is 6.61 Å². The molecule has 3 nitrogen and oxygen atoms in total. The lowest BCUT2D eigenvalue weighted by Crippen LogP contribution is -2.30. The predicted molar refractivity (Wildman–Crippen MR) is 46.9 cm³/mol. The van der Waals surface area contributed by atoms with Crippen molar-refractivity contribution >= 4 is 12.6 Å². The number of aliphatic hydroxyl groups excluding tert-OH is 1. The van der Waals surface area contributed by atoms with Gasteiger partial charge in [0.25, 0.3) is 0 Å². The first-order chi connectivity index (χ1) is 5.63. The van der Waals surface area contributed by atoms with Gasteiger partial charge in [-0.05, 0) is 17.9 Å². The van der Waals surface area contributed by atoms with Crippen molar-refractivity contribution in [3.63, 3.8) is 0 Å². The standard InChI is InChI=1S/C8H11BO3/c1-6-2-7(5-10)4-8(3-6)9(11)12/h2-4,10-12H,5H2,1H3. The highest BCUT2D eigenvalue weighted by Gasteiger charge is 2.11. The molecule has 0 aliphatic carbocycles. The fourth-order valence-electron chi connectivity index (χ4n) is 1.13. The second-order valence-corrected chi connectivity index (χ2v) is 2.78. The molecular formula is C8H11BO3. The van der Waals surface area contributed by atoms with Crippen molar-refractivity contribution < 1.29 is 15.2 Å². The van der Waals surface area contributed by atoms with Gasteiger partial charge in [-0.2, -0.15) is 0 Å². The number of hydrogen-bond acceptors (Lipinski definition) is 3. The van der Waals surface area contributed by atoms with Crippen molar-refractivity contribution in [3.8, 4) is 0 Å². The third kappa shape index (κ3) is 2.07. The molecule has 0 bridgehead atoms. The van der Waals surface area contributed by atoms with Gasteiger partial charge in [-0.15, -0.1) is 0 Å². The Morgan fingerprint density at radius 1 is 1.25 bits per heavy atom. The number of aliphatic hydroxyl groups is 1. The van der Waals surface area contributed by atoms with Gasteiger partial charge in [0.1, 0.15) is 0 Å². The monoisotopic (exact) mass is 166 g/mol. The van der Waals surface area contributed by atoms with E-state index in [-0.39, 0.29) is 6.61 Å². The molecule has 1 rings (SSSR count). The highest BCUT2D eigenvalue weighted by Crippen LogP contribution is 2.01. The lowest BCUT2D eigenvalue weighted by atomic mass is 9.79. The van der Waals surface area contributed by atoms with Crippen molar-refractivity contribution in [2.45, 2.75) is 13.5 Å². The van der Waals surface area contributed by atoms with Crippen molar-refractivity contribution in [1.82, 2.24) is 0 Å². The van der Waals surface area contributed by atoms with Crippen LogP contribution in [0.25, 0.3) is 0 Å². The fourth-order valence-corrected chi connectivity index (χ4v) is 1.13. The third-order valence-corrected chi connectivity index (χ3v) is 1.64. The smallest absolute Gasteiger partial charge is 0.423 e. The van der Waals surface area contributed by atoms with E-state index in [2.05, 4.69) is 0 Å². The molecule has 0 saturated heterocycles. The molecule has 1 aromatic carbocycles. The minimum atomic E-state index is -1.46. The van der Waals surface area contributed by atoms with Crippen LogP contribution in [0.3, 0.4) is 0 Å². The highest BCUT2D eigenvalue weighted by atomic mass is 16.4. The van der Waals surface area contributed by atoms with Crippen LogP contribution < -0.4 is 5.46 Å². The Kier molecular flexibility index (Phi) is 2.86. The molecule has 0 radical (unpaired) electrons. The minimum Gasteiger partial charge on any atom is -0.423 e. The van der Waals surface area contributed by atoms with Crippen LogP contribution in [0.5, 0.6) is 0 Å². The molecule has 4 heteroatoms. The van der Waals surface area contributed by atoms with Crippen LogP contribution in [0.1, 0.15) is 11.1 Å². The zero-order valence-electron chi connectivity index (χ0n) is 6.86. The molecule has 0 aliphatic rings. The number of benzene rings is 1. The summed E-state index contributed by atoms with van der Waals surface area (Å²) < 4.78 is 0. The van der Waals surface area contributed by atoms with Gasteiger partial charge in [0, 0.05) is 0 Å². The van der Waals surface area contributed by atoms with E-state index in [1.807, 2.05) is 6.92 Å². The summed E-state index contributed by atoms with van der Waals surface area (Å²) in [7, 11) is -1.46. The Bertz CT molecular complexity index is 273. The Morgan fingerprint density at radius 3 is 2.42 bits per heavy atom. The molecule has 0 amide bonds. The SMILES string of the molecule is Cc1cc(CO)cc(B(O)O)c1. The van der Waals surface area contributed by atoms with E-state index in [0.717, 1.165) is 5.56 Å². The first-order valence-electron chi connectivity index (χ1n) is 3.71. The number of aryl methyl sites for hydroxylation is 1. The van der Waals surface area contributed by atoms with E-state index in [9.17, 15) is 0 Å². The van der Waals surface area contributed by atoms with Crippen LogP contribution in [-0.2, 0) is 6.61 Å². The minimum absolute atomic E-state index is 0.0819. The van der Waals surface area contributed by atoms with Crippen LogP contribution in [-0.4, -0.2) is 22.3 Å². The zero-order valence-corrected chi connectivity index (χ0v) is 6.86. The summed E-state index contributed by atoms with van der Waals surface area (Å²) in [4.78, 5) is 0. The average Bonchev–Trinajstić information content (AvgIpc) is 2.03. The highest BCUT2D eigenvalue weighted by molar-refractivity contribution is 6.58. The summed E-state index contributed by atoms with van der Waals surface area (Å²) in [5.41, 5.74) is 2.02. The zero-order chi connectivity index (χ0) is 9.14. The van der Waals surface area contributed by atoms with Gasteiger partial charge in [0.2, 0.25) is 0 Å². The van der Waals surface area contributed by atoms with E-state index in [1.165, 1.54) is 0 Å². The van der Waals surface area contributed by atoms with Crippen LogP contribution >= 0.6 is 0 Å². The molecule has 64 valence electrons. The molecule has 12 heavy (non-hydrogen) atoms. The van der Waals surface area contributed by atoms with Crippen molar-refractivity contribution in [2.24, 2.45) is 0 Å². The molecular weight excluding hydrogens is 155 g/mol. The molecule has 0 aromatic heterocycles. The van der Waals surface area contributed by atoms with Gasteiger partial charge in [-0.25, -0.2) is 0 Å². The second kappa shape index (κ2) is 3.71. The second-order valence-electron chi connectivity index (χ2n) is 2.78. The summed E-state index contributed by atoms with van der Waals surface area (Å²) in [6.07, 6.45) is 0. The van der Waals surface area contributed by atoms with Gasteiger partial charge in [-0.3, -0.25) is 0 Å². The lowest BCUT2D eigenvalue weighted by Gasteiger charge is -2.04. The number of rotatable bonds is 2. The Balaban J connectivity index is 3.06. The molecule has 0 saturated carbocycles. The Morgan fingerprint density at radius 2 is 1.92 bits per heavy atom. The van der Waals surface area contributed by atoms with Gasteiger partial charge < -0.3 is 15.2 Å². The topological polar surface area (TPSA) is 60.7 Å². The first kappa shape index (κ1) is 9.25. The Hall–Kier alpha value is -0.835. The van der Waals surface area contributed by atoms with E-state index in [0.29, 0.717) is 11.0 Å². The molecule has 3 N–H and O–H groups in total. The van der Waals surface area contributed by atoms with Gasteiger partial charge in [0.15, 0.2) is 0 Å². The largest absolute Gasteiger partial charge is 0.488 e. The van der Waals surface area contributed by atoms with E-state index in [1.54, 1.807) is 18.2 Å². The normalized spacial score (nSPS) is 10.0. The summed E-state index contributed by atoms with van der Waals surface area (Å²) in [5.74, 6) is 0. The molecule has 1 aromatic rings. The van der Waals surface area contributed by atoms with Crippen LogP contribution in [0.15, 0.2) is 18.2 Å². The fraction of sp³-hybridized carbons (Fsp3) is 0.250. The quantitative estimate of drug-likeness (QED) is 0.502. The lowest BCUT2D eigenvalue weighted by molar-refractivity contribution is 0.282. The first-order valence-corrected chi connectivity index (χ1v) is 3.71. The summed E-state index contributed by atoms with van der Waals surface area (Å²) in [6.45, 7) is 1.76. The number of hydrogen-bond donors (Lipinski definition) is 3. The molecule has 0 aliphatic heterocycles. The molecule has 0 unspecified atom stereocenters. The van der Waals surface area contributed by atoms with Crippen molar-refractivity contribution in [2.75, 3.05) is 0 Å². The summed E-state index contributed by atoms with van der Waals surface area (Å²) >= 11 is 0. The van der Waals surface area contributed by atoms with Crippen LogP contribution in [0.2, 0.25) is 0 Å². The molecule has 0 heterocycles. The molecule has 0 spiro atoms. The maximum atomic E-state index is 8.84. The van der Waals surface area contributed by atoms with Crippen molar-refractivity contribution in [1.29, 1.82) is 0 Å². The third-order valence-electron chi connectivity index (χ3n) is 1.64. The summed E-state index contributed by atoms with van der Waals surface area (Å²) in [6, 6.07) is 5.04. The molecule has 0 fully saturated rings. The van der Waals surface area contributed by atoms with E-state index < -0.39 is 7.12 Å². The average molecular weight is 166 g/mol. The van der Waals surface area contributed by atoms with Crippen LogP contribution in [0.4, 0.5) is 0 Å². The maximum absolute atomic E-state index is 8.84. The van der Waals surface area contributed by atoms with Gasteiger partial charge >= 0.3 is 7.12 Å². The van der Waals surface area contributed by atoms with Crippen LogP contribution in [0, 0.1) is 6.92 Å². The predicted octanol–water partition coefficient (Wildman–Crippen LogP) is -0.833. The Labute approximate surface area is 71.4 Å². The molecule has 0 atom stereocenters.